The van der Waals surface area contributed by atoms with Gasteiger partial charge in [-0.25, -0.2) is 0 Å². The van der Waals surface area contributed by atoms with Crippen LogP contribution in [-0.4, -0.2) is 42.5 Å². The summed E-state index contributed by atoms with van der Waals surface area (Å²) in [6.45, 7) is 8.97. The predicted molar refractivity (Wildman–Crippen MR) is 77.4 cm³/mol. The monoisotopic (exact) mass is 267 g/mol. The average molecular weight is 267 g/mol. The summed E-state index contributed by atoms with van der Waals surface area (Å²) in [5.74, 6) is 0.780. The second-order valence-electron chi connectivity index (χ2n) is 4.32. The van der Waals surface area contributed by atoms with Gasteiger partial charge in [0.05, 0.1) is 12.3 Å². The molecule has 1 rings (SSSR count). The Morgan fingerprint density at radius 1 is 1.37 bits per heavy atom. The van der Waals surface area contributed by atoms with Crippen LogP contribution in [0.5, 0.6) is 0 Å². The molecule has 0 aliphatic carbocycles. The van der Waals surface area contributed by atoms with Crippen LogP contribution in [0.3, 0.4) is 0 Å². The van der Waals surface area contributed by atoms with Crippen molar-refractivity contribution in [2.45, 2.75) is 27.3 Å². The number of guanidine groups is 1. The highest BCUT2D eigenvalue weighted by atomic mass is 16.5. The summed E-state index contributed by atoms with van der Waals surface area (Å²) in [6.07, 6.45) is 0. The number of rotatable bonds is 6. The van der Waals surface area contributed by atoms with E-state index in [-0.39, 0.29) is 0 Å². The second kappa shape index (κ2) is 7.78. The molecule has 0 saturated heterocycles. The topological polar surface area (TPSA) is 63.5 Å². The quantitative estimate of drug-likeness (QED) is 0.453. The minimum atomic E-state index is 0.683. The SMILES string of the molecule is CCOCCNC(=NC)NCc1c(C)nn(C)c1C. The highest BCUT2D eigenvalue weighted by Crippen LogP contribution is 2.10. The molecular formula is C13H25N5O. The van der Waals surface area contributed by atoms with Crippen LogP contribution >= 0.6 is 0 Å². The van der Waals surface area contributed by atoms with Gasteiger partial charge < -0.3 is 15.4 Å². The largest absolute Gasteiger partial charge is 0.380 e. The van der Waals surface area contributed by atoms with Crippen LogP contribution < -0.4 is 10.6 Å². The van der Waals surface area contributed by atoms with E-state index in [1.807, 2.05) is 25.6 Å². The normalized spacial score (nSPS) is 11.7. The van der Waals surface area contributed by atoms with Crippen molar-refractivity contribution in [1.29, 1.82) is 0 Å². The Kier molecular flexibility index (Phi) is 6.35. The number of hydrogen-bond donors (Lipinski definition) is 2. The minimum absolute atomic E-state index is 0.683. The summed E-state index contributed by atoms with van der Waals surface area (Å²) in [6, 6.07) is 0. The lowest BCUT2D eigenvalue weighted by molar-refractivity contribution is 0.152. The van der Waals surface area contributed by atoms with E-state index in [0.717, 1.165) is 31.3 Å². The maximum absolute atomic E-state index is 5.27. The molecule has 0 amide bonds. The minimum Gasteiger partial charge on any atom is -0.380 e. The fraction of sp³-hybridized carbons (Fsp3) is 0.692. The molecule has 2 N–H and O–H groups in total. The van der Waals surface area contributed by atoms with Crippen molar-refractivity contribution in [3.05, 3.63) is 17.0 Å². The van der Waals surface area contributed by atoms with Gasteiger partial charge >= 0.3 is 0 Å². The first-order valence-electron chi connectivity index (χ1n) is 6.61. The van der Waals surface area contributed by atoms with E-state index < -0.39 is 0 Å². The molecule has 0 bridgehead atoms. The molecule has 0 saturated carbocycles. The van der Waals surface area contributed by atoms with E-state index in [1.165, 1.54) is 11.3 Å². The Bertz CT molecular complexity index is 425. The van der Waals surface area contributed by atoms with Crippen LogP contribution in [0, 0.1) is 13.8 Å². The number of ether oxygens (including phenoxy) is 1. The van der Waals surface area contributed by atoms with E-state index >= 15 is 0 Å². The van der Waals surface area contributed by atoms with Gasteiger partial charge in [-0.2, -0.15) is 5.10 Å². The molecule has 1 heterocycles. The lowest BCUT2D eigenvalue weighted by Gasteiger charge is -2.12. The fourth-order valence-electron chi connectivity index (χ4n) is 1.85. The zero-order chi connectivity index (χ0) is 14.3. The first-order valence-corrected chi connectivity index (χ1v) is 6.61. The lowest BCUT2D eigenvalue weighted by atomic mass is 10.2. The molecule has 6 nitrogen and oxygen atoms in total. The van der Waals surface area contributed by atoms with Crippen molar-refractivity contribution in [2.75, 3.05) is 26.8 Å². The van der Waals surface area contributed by atoms with E-state index in [1.54, 1.807) is 7.05 Å². The van der Waals surface area contributed by atoms with Gasteiger partial charge in [-0.3, -0.25) is 9.67 Å². The molecule has 1 aromatic rings. The zero-order valence-corrected chi connectivity index (χ0v) is 12.6. The molecule has 1 aromatic heterocycles. The fourth-order valence-corrected chi connectivity index (χ4v) is 1.85. The van der Waals surface area contributed by atoms with Gasteiger partial charge in [0.1, 0.15) is 0 Å². The number of hydrogen-bond acceptors (Lipinski definition) is 3. The summed E-state index contributed by atoms with van der Waals surface area (Å²) in [4.78, 5) is 4.18. The van der Waals surface area contributed by atoms with Crippen molar-refractivity contribution >= 4 is 5.96 Å². The molecular weight excluding hydrogens is 242 g/mol. The Balaban J connectivity index is 2.45. The Hall–Kier alpha value is -1.56. The van der Waals surface area contributed by atoms with E-state index in [0.29, 0.717) is 6.61 Å². The average Bonchev–Trinajstić information content (AvgIpc) is 2.63. The van der Waals surface area contributed by atoms with Gasteiger partial charge in [0.15, 0.2) is 5.96 Å². The van der Waals surface area contributed by atoms with Gasteiger partial charge in [0, 0.05) is 45.0 Å². The summed E-state index contributed by atoms with van der Waals surface area (Å²) in [5, 5.41) is 10.9. The lowest BCUT2D eigenvalue weighted by Crippen LogP contribution is -2.38. The summed E-state index contributed by atoms with van der Waals surface area (Å²) in [5.41, 5.74) is 3.45. The zero-order valence-electron chi connectivity index (χ0n) is 12.6. The standard InChI is InChI=1S/C13H25N5O/c1-6-19-8-7-15-13(14-4)16-9-12-10(2)17-18(5)11(12)3/h6-9H2,1-5H3,(H2,14,15,16). The first-order chi connectivity index (χ1) is 9.10. The Labute approximate surface area is 115 Å². The van der Waals surface area contributed by atoms with Crippen molar-refractivity contribution in [1.82, 2.24) is 20.4 Å². The molecule has 0 aliphatic rings. The van der Waals surface area contributed by atoms with Crippen molar-refractivity contribution in [3.8, 4) is 0 Å². The van der Waals surface area contributed by atoms with Crippen molar-refractivity contribution < 1.29 is 4.74 Å². The third kappa shape index (κ3) is 4.55. The molecule has 0 atom stereocenters. The van der Waals surface area contributed by atoms with Crippen LogP contribution in [0.4, 0.5) is 0 Å². The number of aliphatic imine (C=N–C) groups is 1. The van der Waals surface area contributed by atoms with E-state index in [4.69, 9.17) is 4.74 Å². The summed E-state index contributed by atoms with van der Waals surface area (Å²) in [7, 11) is 3.72. The molecule has 0 aliphatic heterocycles. The van der Waals surface area contributed by atoms with Crippen molar-refractivity contribution in [2.24, 2.45) is 12.0 Å². The van der Waals surface area contributed by atoms with Gasteiger partial charge in [0.2, 0.25) is 0 Å². The van der Waals surface area contributed by atoms with Crippen LogP contribution in [0.15, 0.2) is 4.99 Å². The van der Waals surface area contributed by atoms with Gasteiger partial charge in [-0.05, 0) is 20.8 Å². The molecule has 0 radical (unpaired) electrons. The third-order valence-electron chi connectivity index (χ3n) is 3.06. The third-order valence-corrected chi connectivity index (χ3v) is 3.06. The highest BCUT2D eigenvalue weighted by molar-refractivity contribution is 5.79. The molecule has 19 heavy (non-hydrogen) atoms. The predicted octanol–water partition coefficient (Wildman–Crippen LogP) is 0.738. The van der Waals surface area contributed by atoms with Gasteiger partial charge in [-0.15, -0.1) is 0 Å². The maximum Gasteiger partial charge on any atom is 0.191 e. The Morgan fingerprint density at radius 2 is 2.11 bits per heavy atom. The van der Waals surface area contributed by atoms with Crippen molar-refractivity contribution in [3.63, 3.8) is 0 Å². The molecule has 0 fully saturated rings. The number of nitrogens with one attached hydrogen (secondary N) is 2. The van der Waals surface area contributed by atoms with E-state index in [2.05, 4.69) is 27.6 Å². The summed E-state index contributed by atoms with van der Waals surface area (Å²) < 4.78 is 7.17. The van der Waals surface area contributed by atoms with Gasteiger partial charge in [-0.1, -0.05) is 0 Å². The van der Waals surface area contributed by atoms with Crippen LogP contribution in [0.25, 0.3) is 0 Å². The maximum atomic E-state index is 5.27. The van der Waals surface area contributed by atoms with Crippen LogP contribution in [0.1, 0.15) is 23.9 Å². The second-order valence-corrected chi connectivity index (χ2v) is 4.32. The first kappa shape index (κ1) is 15.5. The van der Waals surface area contributed by atoms with Gasteiger partial charge in [0.25, 0.3) is 0 Å². The number of aryl methyl sites for hydroxylation is 2. The number of aromatic nitrogens is 2. The molecule has 0 spiro atoms. The number of nitrogens with zero attached hydrogens (tertiary/aromatic N) is 3. The Morgan fingerprint density at radius 3 is 2.63 bits per heavy atom. The van der Waals surface area contributed by atoms with Crippen LogP contribution in [0.2, 0.25) is 0 Å². The van der Waals surface area contributed by atoms with E-state index in [9.17, 15) is 0 Å². The highest BCUT2D eigenvalue weighted by Gasteiger charge is 2.09. The van der Waals surface area contributed by atoms with Crippen LogP contribution in [-0.2, 0) is 18.3 Å². The molecule has 108 valence electrons. The smallest absolute Gasteiger partial charge is 0.191 e. The summed E-state index contributed by atoms with van der Waals surface area (Å²) >= 11 is 0. The molecule has 0 aromatic carbocycles. The molecule has 0 unspecified atom stereocenters. The molecule has 6 heteroatoms.